The molecule has 6 heteroatoms. The SMILES string of the molecule is COc1ccc(C(c2ccc(F)cc2F)N2CCCNCC2)cc1F. The van der Waals surface area contributed by atoms with Crippen LogP contribution in [0.1, 0.15) is 23.6 Å². The molecule has 2 aromatic carbocycles. The number of benzene rings is 2. The lowest BCUT2D eigenvalue weighted by atomic mass is 9.95. The molecule has 134 valence electrons. The quantitative estimate of drug-likeness (QED) is 0.913. The summed E-state index contributed by atoms with van der Waals surface area (Å²) in [6, 6.07) is 7.70. The van der Waals surface area contributed by atoms with E-state index in [4.69, 9.17) is 4.74 Å². The van der Waals surface area contributed by atoms with E-state index in [0.29, 0.717) is 17.7 Å². The van der Waals surface area contributed by atoms with Crippen LogP contribution in [0.4, 0.5) is 13.2 Å². The van der Waals surface area contributed by atoms with Gasteiger partial charge in [-0.15, -0.1) is 0 Å². The molecule has 0 aliphatic carbocycles. The van der Waals surface area contributed by atoms with Gasteiger partial charge in [-0.25, -0.2) is 13.2 Å². The van der Waals surface area contributed by atoms with Gasteiger partial charge in [-0.05, 0) is 36.7 Å². The van der Waals surface area contributed by atoms with E-state index in [1.807, 2.05) is 0 Å². The van der Waals surface area contributed by atoms with Gasteiger partial charge < -0.3 is 10.1 Å². The fourth-order valence-corrected chi connectivity index (χ4v) is 3.29. The van der Waals surface area contributed by atoms with Crippen molar-refractivity contribution in [3.63, 3.8) is 0 Å². The second-order valence-corrected chi connectivity index (χ2v) is 6.10. The normalized spacial score (nSPS) is 17.1. The van der Waals surface area contributed by atoms with Gasteiger partial charge in [-0.1, -0.05) is 12.1 Å². The van der Waals surface area contributed by atoms with Crippen LogP contribution in [0, 0.1) is 17.5 Å². The second kappa shape index (κ2) is 7.89. The van der Waals surface area contributed by atoms with E-state index < -0.39 is 23.5 Å². The summed E-state index contributed by atoms with van der Waals surface area (Å²) < 4.78 is 47.0. The minimum absolute atomic E-state index is 0.139. The zero-order chi connectivity index (χ0) is 17.8. The van der Waals surface area contributed by atoms with Gasteiger partial charge in [0.25, 0.3) is 0 Å². The van der Waals surface area contributed by atoms with Crippen LogP contribution in [0.3, 0.4) is 0 Å². The summed E-state index contributed by atoms with van der Waals surface area (Å²) in [5.41, 5.74) is 0.957. The monoisotopic (exact) mass is 350 g/mol. The lowest BCUT2D eigenvalue weighted by Gasteiger charge is -2.31. The van der Waals surface area contributed by atoms with Crippen LogP contribution in [0.2, 0.25) is 0 Å². The molecule has 0 aromatic heterocycles. The first-order valence-corrected chi connectivity index (χ1v) is 8.33. The Kier molecular flexibility index (Phi) is 5.60. The van der Waals surface area contributed by atoms with Crippen molar-refractivity contribution in [1.82, 2.24) is 10.2 Å². The highest BCUT2D eigenvalue weighted by molar-refractivity contribution is 5.37. The molecule has 1 aliphatic rings. The number of hydrogen-bond donors (Lipinski definition) is 1. The van der Waals surface area contributed by atoms with Crippen LogP contribution in [-0.4, -0.2) is 38.2 Å². The molecule has 1 atom stereocenters. The van der Waals surface area contributed by atoms with Crippen LogP contribution >= 0.6 is 0 Å². The molecule has 1 unspecified atom stereocenters. The summed E-state index contributed by atoms with van der Waals surface area (Å²) >= 11 is 0. The van der Waals surface area contributed by atoms with Gasteiger partial charge in [0.2, 0.25) is 0 Å². The number of methoxy groups -OCH3 is 1. The Hall–Kier alpha value is -2.05. The van der Waals surface area contributed by atoms with Crippen molar-refractivity contribution in [2.75, 3.05) is 33.3 Å². The third kappa shape index (κ3) is 3.96. The third-order valence-corrected chi connectivity index (χ3v) is 4.49. The van der Waals surface area contributed by atoms with E-state index >= 15 is 0 Å². The molecule has 0 bridgehead atoms. The molecular formula is C19H21F3N2O. The van der Waals surface area contributed by atoms with Crippen LogP contribution in [0.5, 0.6) is 5.75 Å². The Labute approximate surface area is 145 Å². The van der Waals surface area contributed by atoms with E-state index in [1.54, 1.807) is 6.07 Å². The summed E-state index contributed by atoms with van der Waals surface area (Å²) in [7, 11) is 1.40. The zero-order valence-corrected chi connectivity index (χ0v) is 14.1. The Bertz CT molecular complexity index is 731. The van der Waals surface area contributed by atoms with Crippen molar-refractivity contribution in [2.45, 2.75) is 12.5 Å². The predicted octanol–water partition coefficient (Wildman–Crippen LogP) is 3.50. The molecule has 3 rings (SSSR count). The number of halogens is 3. The van der Waals surface area contributed by atoms with E-state index in [2.05, 4.69) is 10.2 Å². The first kappa shape index (κ1) is 17.8. The number of rotatable bonds is 4. The Balaban J connectivity index is 2.06. The van der Waals surface area contributed by atoms with Crippen molar-refractivity contribution < 1.29 is 17.9 Å². The smallest absolute Gasteiger partial charge is 0.165 e. The van der Waals surface area contributed by atoms with E-state index in [1.165, 1.54) is 31.4 Å². The summed E-state index contributed by atoms with van der Waals surface area (Å²) in [5, 5.41) is 3.30. The Morgan fingerprint density at radius 3 is 2.56 bits per heavy atom. The molecule has 1 aliphatic heterocycles. The summed E-state index contributed by atoms with van der Waals surface area (Å²) in [5.74, 6) is -1.61. The molecule has 1 fully saturated rings. The summed E-state index contributed by atoms with van der Waals surface area (Å²) in [6.45, 7) is 3.07. The molecule has 0 radical (unpaired) electrons. The fraction of sp³-hybridized carbons (Fsp3) is 0.368. The van der Waals surface area contributed by atoms with Crippen molar-refractivity contribution in [1.29, 1.82) is 0 Å². The first-order chi connectivity index (χ1) is 12.1. The highest BCUT2D eigenvalue weighted by atomic mass is 19.1. The Morgan fingerprint density at radius 1 is 1.00 bits per heavy atom. The maximum absolute atomic E-state index is 14.5. The molecule has 1 heterocycles. The number of nitrogens with zero attached hydrogens (tertiary/aromatic N) is 1. The van der Waals surface area contributed by atoms with Crippen LogP contribution in [0.15, 0.2) is 36.4 Å². The van der Waals surface area contributed by atoms with E-state index in [9.17, 15) is 13.2 Å². The standard InChI is InChI=1S/C19H21F3N2O/c1-25-18-6-3-13(11-17(18)22)19(24-9-2-7-23-8-10-24)15-5-4-14(20)12-16(15)21/h3-6,11-12,19,23H,2,7-10H2,1H3. The molecule has 0 spiro atoms. The van der Waals surface area contributed by atoms with Gasteiger partial charge in [-0.2, -0.15) is 0 Å². The molecule has 2 aromatic rings. The summed E-state index contributed by atoms with van der Waals surface area (Å²) in [6.07, 6.45) is 0.901. The predicted molar refractivity (Wildman–Crippen MR) is 90.2 cm³/mol. The minimum Gasteiger partial charge on any atom is -0.494 e. The van der Waals surface area contributed by atoms with Gasteiger partial charge in [0, 0.05) is 31.3 Å². The fourth-order valence-electron chi connectivity index (χ4n) is 3.29. The zero-order valence-electron chi connectivity index (χ0n) is 14.1. The van der Waals surface area contributed by atoms with Gasteiger partial charge in [-0.3, -0.25) is 4.90 Å². The van der Waals surface area contributed by atoms with Crippen LogP contribution in [0.25, 0.3) is 0 Å². The molecule has 0 amide bonds. The average Bonchev–Trinajstić information content (AvgIpc) is 2.86. The molecule has 1 N–H and O–H groups in total. The molecule has 3 nitrogen and oxygen atoms in total. The summed E-state index contributed by atoms with van der Waals surface area (Å²) in [4.78, 5) is 2.09. The Morgan fingerprint density at radius 2 is 1.84 bits per heavy atom. The highest BCUT2D eigenvalue weighted by Crippen LogP contribution is 2.33. The number of nitrogens with one attached hydrogen (secondary N) is 1. The van der Waals surface area contributed by atoms with E-state index in [0.717, 1.165) is 32.1 Å². The molecule has 0 saturated carbocycles. The average molecular weight is 350 g/mol. The lowest BCUT2D eigenvalue weighted by Crippen LogP contribution is -2.33. The molecule has 25 heavy (non-hydrogen) atoms. The second-order valence-electron chi connectivity index (χ2n) is 6.10. The van der Waals surface area contributed by atoms with Gasteiger partial charge in [0.05, 0.1) is 13.2 Å². The van der Waals surface area contributed by atoms with Crippen molar-refractivity contribution in [3.05, 3.63) is 65.0 Å². The number of ether oxygens (including phenoxy) is 1. The topological polar surface area (TPSA) is 24.5 Å². The van der Waals surface area contributed by atoms with Crippen molar-refractivity contribution >= 4 is 0 Å². The first-order valence-electron chi connectivity index (χ1n) is 8.33. The van der Waals surface area contributed by atoms with Crippen LogP contribution in [-0.2, 0) is 0 Å². The van der Waals surface area contributed by atoms with Crippen molar-refractivity contribution in [2.24, 2.45) is 0 Å². The maximum atomic E-state index is 14.5. The number of hydrogen-bond acceptors (Lipinski definition) is 3. The molecular weight excluding hydrogens is 329 g/mol. The minimum atomic E-state index is -0.626. The van der Waals surface area contributed by atoms with Crippen LogP contribution < -0.4 is 10.1 Å². The van der Waals surface area contributed by atoms with Gasteiger partial charge in [0.15, 0.2) is 11.6 Å². The lowest BCUT2D eigenvalue weighted by molar-refractivity contribution is 0.236. The molecule has 1 saturated heterocycles. The largest absolute Gasteiger partial charge is 0.494 e. The van der Waals surface area contributed by atoms with Gasteiger partial charge in [0.1, 0.15) is 11.6 Å². The highest BCUT2D eigenvalue weighted by Gasteiger charge is 2.26. The maximum Gasteiger partial charge on any atom is 0.165 e. The van der Waals surface area contributed by atoms with E-state index in [-0.39, 0.29) is 5.75 Å². The van der Waals surface area contributed by atoms with Gasteiger partial charge >= 0.3 is 0 Å². The third-order valence-electron chi connectivity index (χ3n) is 4.49. The van der Waals surface area contributed by atoms with Crippen molar-refractivity contribution in [3.8, 4) is 5.75 Å².